The van der Waals surface area contributed by atoms with Crippen molar-refractivity contribution < 1.29 is 4.74 Å². The molecule has 2 aromatic carbocycles. The molecule has 0 atom stereocenters. The quantitative estimate of drug-likeness (QED) is 0.777. The van der Waals surface area contributed by atoms with Gasteiger partial charge in [0.2, 0.25) is 0 Å². The van der Waals surface area contributed by atoms with Crippen molar-refractivity contribution in [1.82, 2.24) is 9.78 Å². The van der Waals surface area contributed by atoms with Crippen molar-refractivity contribution in [3.8, 4) is 5.75 Å². The van der Waals surface area contributed by atoms with E-state index < -0.39 is 0 Å². The van der Waals surface area contributed by atoms with Gasteiger partial charge in [0.05, 0.1) is 29.3 Å². The molecule has 108 valence electrons. The molecule has 0 amide bonds. The number of halogens is 1. The second-order valence-electron chi connectivity index (χ2n) is 4.79. The zero-order chi connectivity index (χ0) is 14.8. The largest absolute Gasteiger partial charge is 0.496 e. The van der Waals surface area contributed by atoms with Gasteiger partial charge in [0.1, 0.15) is 5.75 Å². The van der Waals surface area contributed by atoms with Gasteiger partial charge in [0.25, 0.3) is 0 Å². The zero-order valence-electron chi connectivity index (χ0n) is 11.9. The van der Waals surface area contributed by atoms with Crippen LogP contribution in [0.25, 0.3) is 10.9 Å². The Morgan fingerprint density at radius 2 is 2.05 bits per heavy atom. The molecule has 21 heavy (non-hydrogen) atoms. The second-order valence-corrected chi connectivity index (χ2v) is 5.64. The van der Waals surface area contributed by atoms with Crippen molar-refractivity contribution in [3.63, 3.8) is 0 Å². The summed E-state index contributed by atoms with van der Waals surface area (Å²) in [5.74, 6) is 0.823. The Kier molecular flexibility index (Phi) is 3.84. The van der Waals surface area contributed by atoms with Crippen LogP contribution in [0.1, 0.15) is 5.69 Å². The topological polar surface area (TPSA) is 39.1 Å². The van der Waals surface area contributed by atoms with Gasteiger partial charge >= 0.3 is 0 Å². The van der Waals surface area contributed by atoms with Crippen LogP contribution in [0.4, 0.5) is 5.69 Å². The molecule has 0 aliphatic rings. The van der Waals surface area contributed by atoms with Crippen LogP contribution in [-0.2, 0) is 13.6 Å². The number of ether oxygens (including phenoxy) is 1. The van der Waals surface area contributed by atoms with Crippen molar-refractivity contribution in [2.45, 2.75) is 6.54 Å². The van der Waals surface area contributed by atoms with Crippen LogP contribution in [-0.4, -0.2) is 16.9 Å². The zero-order valence-corrected chi connectivity index (χ0v) is 13.5. The van der Waals surface area contributed by atoms with Crippen LogP contribution in [0.15, 0.2) is 46.9 Å². The Hall–Kier alpha value is -2.01. The van der Waals surface area contributed by atoms with E-state index in [0.717, 1.165) is 27.1 Å². The fraction of sp³-hybridized carbons (Fsp3) is 0.188. The van der Waals surface area contributed by atoms with Gasteiger partial charge in [-0.05, 0) is 40.2 Å². The number of anilines is 1. The van der Waals surface area contributed by atoms with Crippen LogP contribution in [0.5, 0.6) is 5.75 Å². The molecule has 0 unspecified atom stereocenters. The van der Waals surface area contributed by atoms with Crippen molar-refractivity contribution in [2.24, 2.45) is 7.05 Å². The molecule has 1 N–H and O–H groups in total. The van der Waals surface area contributed by atoms with E-state index in [1.165, 1.54) is 5.39 Å². The van der Waals surface area contributed by atoms with E-state index in [2.05, 4.69) is 38.5 Å². The Balaban J connectivity index is 1.82. The van der Waals surface area contributed by atoms with E-state index in [1.807, 2.05) is 42.1 Å². The third kappa shape index (κ3) is 2.74. The molecular weight excluding hydrogens is 330 g/mol. The average molecular weight is 346 g/mol. The summed E-state index contributed by atoms with van der Waals surface area (Å²) >= 11 is 3.49. The Morgan fingerprint density at radius 3 is 2.81 bits per heavy atom. The van der Waals surface area contributed by atoms with Crippen LogP contribution >= 0.6 is 15.9 Å². The predicted molar refractivity (Wildman–Crippen MR) is 88.7 cm³/mol. The van der Waals surface area contributed by atoms with Gasteiger partial charge < -0.3 is 10.1 Å². The highest BCUT2D eigenvalue weighted by Gasteiger charge is 2.08. The molecule has 0 spiro atoms. The summed E-state index contributed by atoms with van der Waals surface area (Å²) in [7, 11) is 3.63. The third-order valence-electron chi connectivity index (χ3n) is 3.45. The van der Waals surface area contributed by atoms with Crippen LogP contribution in [0, 0.1) is 0 Å². The lowest BCUT2D eigenvalue weighted by Crippen LogP contribution is -2.01. The van der Waals surface area contributed by atoms with Crippen molar-refractivity contribution in [2.75, 3.05) is 12.4 Å². The number of rotatable bonds is 4. The first-order chi connectivity index (χ1) is 10.2. The summed E-state index contributed by atoms with van der Waals surface area (Å²) in [6.07, 6.45) is 0. The lowest BCUT2D eigenvalue weighted by Gasteiger charge is -2.08. The van der Waals surface area contributed by atoms with Crippen LogP contribution < -0.4 is 10.1 Å². The molecule has 0 saturated heterocycles. The molecule has 3 aromatic rings. The van der Waals surface area contributed by atoms with Gasteiger partial charge in [0, 0.05) is 18.1 Å². The first kappa shape index (κ1) is 13.9. The maximum absolute atomic E-state index is 5.23. The van der Waals surface area contributed by atoms with Crippen molar-refractivity contribution in [1.29, 1.82) is 0 Å². The number of hydrogen-bond acceptors (Lipinski definition) is 3. The van der Waals surface area contributed by atoms with E-state index in [1.54, 1.807) is 7.11 Å². The van der Waals surface area contributed by atoms with Crippen LogP contribution in [0.2, 0.25) is 0 Å². The van der Waals surface area contributed by atoms with E-state index in [0.29, 0.717) is 6.54 Å². The third-order valence-corrected chi connectivity index (χ3v) is 4.07. The van der Waals surface area contributed by atoms with Gasteiger partial charge in [-0.2, -0.15) is 5.10 Å². The van der Waals surface area contributed by atoms with Gasteiger partial charge in [-0.15, -0.1) is 0 Å². The lowest BCUT2D eigenvalue weighted by atomic mass is 10.2. The molecule has 0 aliphatic heterocycles. The minimum Gasteiger partial charge on any atom is -0.496 e. The number of aromatic nitrogens is 2. The summed E-state index contributed by atoms with van der Waals surface area (Å²) in [5.41, 5.74) is 3.21. The number of benzene rings is 2. The molecule has 0 bridgehead atoms. The molecule has 0 radical (unpaired) electrons. The molecule has 5 heteroatoms. The average Bonchev–Trinajstić information content (AvgIpc) is 2.82. The minimum absolute atomic E-state index is 0.681. The maximum Gasteiger partial charge on any atom is 0.133 e. The molecule has 3 rings (SSSR count). The van der Waals surface area contributed by atoms with E-state index >= 15 is 0 Å². The highest BCUT2D eigenvalue weighted by atomic mass is 79.9. The van der Waals surface area contributed by atoms with Gasteiger partial charge in [-0.3, -0.25) is 4.68 Å². The van der Waals surface area contributed by atoms with Crippen molar-refractivity contribution in [3.05, 3.63) is 52.6 Å². The Labute approximate surface area is 131 Å². The maximum atomic E-state index is 5.23. The Bertz CT molecular complexity index is 782. The summed E-state index contributed by atoms with van der Waals surface area (Å²) in [5, 5.41) is 9.16. The van der Waals surface area contributed by atoms with Gasteiger partial charge in [0.15, 0.2) is 0 Å². The predicted octanol–water partition coefficient (Wildman–Crippen LogP) is 3.96. The molecule has 0 fully saturated rings. The number of hydrogen-bond donors (Lipinski definition) is 1. The summed E-state index contributed by atoms with van der Waals surface area (Å²) in [6.45, 7) is 0.681. The summed E-state index contributed by atoms with van der Waals surface area (Å²) in [6, 6.07) is 14.2. The molecular formula is C16H16BrN3O. The first-order valence-corrected chi connectivity index (χ1v) is 7.46. The number of methoxy groups -OCH3 is 1. The number of aryl methyl sites for hydroxylation is 1. The van der Waals surface area contributed by atoms with Crippen molar-refractivity contribution >= 4 is 32.5 Å². The minimum atomic E-state index is 0.681. The molecule has 1 heterocycles. The SMILES string of the molecule is COc1ccc(NCc2nn(C)c3ccccc23)cc1Br. The fourth-order valence-electron chi connectivity index (χ4n) is 2.38. The standard InChI is InChI=1S/C16H16BrN3O/c1-20-15-6-4-3-5-12(15)14(19-20)10-18-11-7-8-16(21-2)13(17)9-11/h3-9,18H,10H2,1-2H3. The first-order valence-electron chi connectivity index (χ1n) is 6.67. The normalized spacial score (nSPS) is 10.8. The van der Waals surface area contributed by atoms with Gasteiger partial charge in [-0.25, -0.2) is 0 Å². The molecule has 0 saturated carbocycles. The smallest absolute Gasteiger partial charge is 0.133 e. The highest BCUT2D eigenvalue weighted by Crippen LogP contribution is 2.28. The van der Waals surface area contributed by atoms with E-state index in [9.17, 15) is 0 Å². The number of fused-ring (bicyclic) bond motifs is 1. The Morgan fingerprint density at radius 1 is 1.24 bits per heavy atom. The summed E-state index contributed by atoms with van der Waals surface area (Å²) in [4.78, 5) is 0. The fourth-order valence-corrected chi connectivity index (χ4v) is 2.92. The highest BCUT2D eigenvalue weighted by molar-refractivity contribution is 9.10. The molecule has 0 aliphatic carbocycles. The van der Waals surface area contributed by atoms with Crippen LogP contribution in [0.3, 0.4) is 0 Å². The lowest BCUT2D eigenvalue weighted by molar-refractivity contribution is 0.412. The molecule has 1 aromatic heterocycles. The number of para-hydroxylation sites is 1. The van der Waals surface area contributed by atoms with Gasteiger partial charge in [-0.1, -0.05) is 18.2 Å². The van der Waals surface area contributed by atoms with E-state index in [-0.39, 0.29) is 0 Å². The number of nitrogens with zero attached hydrogens (tertiary/aromatic N) is 2. The number of nitrogens with one attached hydrogen (secondary N) is 1. The van der Waals surface area contributed by atoms with E-state index in [4.69, 9.17) is 4.74 Å². The molecule has 4 nitrogen and oxygen atoms in total. The summed E-state index contributed by atoms with van der Waals surface area (Å²) < 4.78 is 8.08. The monoisotopic (exact) mass is 345 g/mol. The second kappa shape index (κ2) is 5.77.